The highest BCUT2D eigenvalue weighted by Gasteiger charge is 2.24. The fourth-order valence-electron chi connectivity index (χ4n) is 2.11. The molecule has 112 valence electrons. The molecule has 1 amide bonds. The molecule has 1 N–H and O–H groups in total. The fourth-order valence-corrected chi connectivity index (χ4v) is 2.11. The van der Waals surface area contributed by atoms with Crippen molar-refractivity contribution in [1.82, 2.24) is 24.5 Å². The summed E-state index contributed by atoms with van der Waals surface area (Å²) in [5.74, 6) is -1.60. The molecule has 0 aromatic carbocycles. The first kappa shape index (κ1) is 14.8. The standard InChI is InChI=1S/C13H17N5O3/c1-8-9(6-17(3)14-8)5-16(2)12(19)11-10(13(20)21)7-18(4)15-11/h6-7H,5H2,1-4H3,(H,20,21). The molecule has 0 unspecified atom stereocenters. The van der Waals surface area contributed by atoms with Gasteiger partial charge in [-0.25, -0.2) is 4.79 Å². The molecule has 0 aliphatic heterocycles. The summed E-state index contributed by atoms with van der Waals surface area (Å²) >= 11 is 0. The van der Waals surface area contributed by atoms with E-state index in [1.807, 2.05) is 13.1 Å². The average Bonchev–Trinajstić information content (AvgIpc) is 2.92. The lowest BCUT2D eigenvalue weighted by Crippen LogP contribution is -2.28. The lowest BCUT2D eigenvalue weighted by Gasteiger charge is -2.15. The third-order valence-electron chi connectivity index (χ3n) is 3.13. The summed E-state index contributed by atoms with van der Waals surface area (Å²) in [6.07, 6.45) is 3.15. The van der Waals surface area contributed by atoms with Crippen LogP contribution in [0.15, 0.2) is 12.4 Å². The van der Waals surface area contributed by atoms with Gasteiger partial charge in [0.05, 0.1) is 5.69 Å². The van der Waals surface area contributed by atoms with Crippen molar-refractivity contribution < 1.29 is 14.7 Å². The van der Waals surface area contributed by atoms with Crippen LogP contribution in [0.1, 0.15) is 32.1 Å². The van der Waals surface area contributed by atoms with Crippen LogP contribution in [-0.4, -0.2) is 48.5 Å². The summed E-state index contributed by atoms with van der Waals surface area (Å²) in [4.78, 5) is 24.9. The van der Waals surface area contributed by atoms with Crippen molar-refractivity contribution in [2.24, 2.45) is 14.1 Å². The molecule has 0 radical (unpaired) electrons. The van der Waals surface area contributed by atoms with E-state index in [0.29, 0.717) is 6.54 Å². The topological polar surface area (TPSA) is 93.3 Å². The van der Waals surface area contributed by atoms with Crippen LogP contribution in [0.5, 0.6) is 0 Å². The molecule has 0 bridgehead atoms. The number of carboxylic acids is 1. The normalized spacial score (nSPS) is 10.7. The second-order valence-electron chi connectivity index (χ2n) is 4.94. The Hall–Kier alpha value is -2.64. The van der Waals surface area contributed by atoms with Gasteiger partial charge in [-0.05, 0) is 6.92 Å². The summed E-state index contributed by atoms with van der Waals surface area (Å²) in [7, 11) is 4.99. The maximum Gasteiger partial charge on any atom is 0.339 e. The fraction of sp³-hybridized carbons (Fsp3) is 0.385. The van der Waals surface area contributed by atoms with Crippen LogP contribution in [0.3, 0.4) is 0 Å². The molecule has 2 rings (SSSR count). The molecule has 2 aromatic rings. The van der Waals surface area contributed by atoms with Crippen LogP contribution in [-0.2, 0) is 20.6 Å². The quantitative estimate of drug-likeness (QED) is 0.882. The summed E-state index contributed by atoms with van der Waals surface area (Å²) in [5.41, 5.74) is 1.57. The molecule has 0 aliphatic carbocycles. The van der Waals surface area contributed by atoms with Gasteiger partial charge in [-0.1, -0.05) is 0 Å². The van der Waals surface area contributed by atoms with E-state index >= 15 is 0 Å². The van der Waals surface area contributed by atoms with Crippen molar-refractivity contribution in [3.05, 3.63) is 34.9 Å². The van der Waals surface area contributed by atoms with Crippen molar-refractivity contribution >= 4 is 11.9 Å². The predicted molar refractivity (Wildman–Crippen MR) is 73.9 cm³/mol. The molecule has 0 atom stereocenters. The SMILES string of the molecule is Cc1nn(C)cc1CN(C)C(=O)c1nn(C)cc1C(=O)O. The Labute approximate surface area is 121 Å². The van der Waals surface area contributed by atoms with Gasteiger partial charge in [0, 0.05) is 45.6 Å². The number of carbonyl (C=O) groups is 2. The number of carboxylic acid groups (broad SMARTS) is 1. The number of rotatable bonds is 4. The summed E-state index contributed by atoms with van der Waals surface area (Å²) < 4.78 is 2.99. The smallest absolute Gasteiger partial charge is 0.339 e. The van der Waals surface area contributed by atoms with E-state index in [1.54, 1.807) is 25.8 Å². The van der Waals surface area contributed by atoms with E-state index in [9.17, 15) is 9.59 Å². The largest absolute Gasteiger partial charge is 0.478 e. The highest BCUT2D eigenvalue weighted by molar-refractivity contribution is 6.03. The van der Waals surface area contributed by atoms with Crippen LogP contribution in [0.4, 0.5) is 0 Å². The molecule has 0 aliphatic rings. The number of aromatic nitrogens is 4. The first-order chi connectivity index (χ1) is 9.79. The minimum absolute atomic E-state index is 0.0611. The summed E-state index contributed by atoms with van der Waals surface area (Å²) in [6.45, 7) is 2.20. The molecule has 2 heterocycles. The monoisotopic (exact) mass is 291 g/mol. The maximum absolute atomic E-state index is 12.4. The van der Waals surface area contributed by atoms with E-state index in [1.165, 1.54) is 15.8 Å². The van der Waals surface area contributed by atoms with Gasteiger partial charge in [-0.2, -0.15) is 10.2 Å². The predicted octanol–water partition coefficient (Wildman–Crippen LogP) is 0.432. The zero-order valence-electron chi connectivity index (χ0n) is 12.4. The minimum atomic E-state index is -1.17. The van der Waals surface area contributed by atoms with Crippen molar-refractivity contribution in [3.8, 4) is 0 Å². The Kier molecular flexibility index (Phi) is 3.79. The third-order valence-corrected chi connectivity index (χ3v) is 3.13. The van der Waals surface area contributed by atoms with E-state index in [-0.39, 0.29) is 11.3 Å². The minimum Gasteiger partial charge on any atom is -0.478 e. The van der Waals surface area contributed by atoms with Crippen LogP contribution in [0, 0.1) is 6.92 Å². The van der Waals surface area contributed by atoms with E-state index in [2.05, 4.69) is 10.2 Å². The second kappa shape index (κ2) is 5.39. The number of nitrogens with zero attached hydrogens (tertiary/aromatic N) is 5. The zero-order chi connectivity index (χ0) is 15.7. The van der Waals surface area contributed by atoms with Crippen molar-refractivity contribution in [3.63, 3.8) is 0 Å². The van der Waals surface area contributed by atoms with Crippen LogP contribution in [0.2, 0.25) is 0 Å². The number of hydrogen-bond acceptors (Lipinski definition) is 4. The number of carbonyl (C=O) groups excluding carboxylic acids is 1. The van der Waals surface area contributed by atoms with Gasteiger partial charge in [0.15, 0.2) is 5.69 Å². The molecule has 8 nitrogen and oxygen atoms in total. The third kappa shape index (κ3) is 2.93. The van der Waals surface area contributed by atoms with Gasteiger partial charge in [-0.15, -0.1) is 0 Å². The van der Waals surface area contributed by atoms with Crippen LogP contribution in [0.25, 0.3) is 0 Å². The summed E-state index contributed by atoms with van der Waals surface area (Å²) in [5, 5.41) is 17.3. The molecular weight excluding hydrogens is 274 g/mol. The highest BCUT2D eigenvalue weighted by atomic mass is 16.4. The molecule has 0 fully saturated rings. The van der Waals surface area contributed by atoms with Gasteiger partial charge in [-0.3, -0.25) is 14.2 Å². The molecule has 0 saturated heterocycles. The van der Waals surface area contributed by atoms with E-state index in [4.69, 9.17) is 5.11 Å². The molecular formula is C13H17N5O3. The zero-order valence-corrected chi connectivity index (χ0v) is 12.4. The molecule has 0 saturated carbocycles. The Morgan fingerprint density at radius 1 is 1.24 bits per heavy atom. The van der Waals surface area contributed by atoms with Gasteiger partial charge in [0.2, 0.25) is 0 Å². The maximum atomic E-state index is 12.4. The Morgan fingerprint density at radius 3 is 2.38 bits per heavy atom. The van der Waals surface area contributed by atoms with Gasteiger partial charge in [0.25, 0.3) is 5.91 Å². The Balaban J connectivity index is 2.23. The van der Waals surface area contributed by atoms with Crippen molar-refractivity contribution in [2.75, 3.05) is 7.05 Å². The summed E-state index contributed by atoms with van der Waals surface area (Å²) in [6, 6.07) is 0. The number of aromatic carboxylic acids is 1. The van der Waals surface area contributed by atoms with E-state index < -0.39 is 11.9 Å². The van der Waals surface area contributed by atoms with E-state index in [0.717, 1.165) is 11.3 Å². The number of amides is 1. The Bertz CT molecular complexity index is 701. The Morgan fingerprint density at radius 2 is 1.86 bits per heavy atom. The lowest BCUT2D eigenvalue weighted by atomic mass is 10.2. The van der Waals surface area contributed by atoms with Crippen molar-refractivity contribution in [1.29, 1.82) is 0 Å². The van der Waals surface area contributed by atoms with Gasteiger partial charge >= 0.3 is 5.97 Å². The van der Waals surface area contributed by atoms with Crippen molar-refractivity contribution in [2.45, 2.75) is 13.5 Å². The average molecular weight is 291 g/mol. The molecule has 0 spiro atoms. The molecule has 2 aromatic heterocycles. The lowest BCUT2D eigenvalue weighted by molar-refractivity contribution is 0.0679. The molecule has 21 heavy (non-hydrogen) atoms. The second-order valence-corrected chi connectivity index (χ2v) is 4.94. The molecule has 8 heteroatoms. The number of hydrogen-bond donors (Lipinski definition) is 1. The first-order valence-electron chi connectivity index (χ1n) is 6.31. The van der Waals surface area contributed by atoms with Crippen LogP contribution >= 0.6 is 0 Å². The highest BCUT2D eigenvalue weighted by Crippen LogP contribution is 2.13. The van der Waals surface area contributed by atoms with Gasteiger partial charge < -0.3 is 10.0 Å². The first-order valence-corrected chi connectivity index (χ1v) is 6.31. The van der Waals surface area contributed by atoms with Crippen LogP contribution < -0.4 is 0 Å². The van der Waals surface area contributed by atoms with Gasteiger partial charge in [0.1, 0.15) is 5.56 Å². The number of aryl methyl sites for hydroxylation is 3.